The Morgan fingerprint density at radius 2 is 1.88 bits per heavy atom. The largest absolute Gasteiger partial charge is 0.484 e. The molecule has 2 heterocycles. The zero-order valence-electron chi connectivity index (χ0n) is 18.2. The van der Waals surface area contributed by atoms with Crippen molar-refractivity contribution in [2.45, 2.75) is 25.2 Å². The third-order valence-electron chi connectivity index (χ3n) is 5.51. The summed E-state index contributed by atoms with van der Waals surface area (Å²) in [7, 11) is 1.71. The van der Waals surface area contributed by atoms with Crippen LogP contribution in [-0.4, -0.2) is 82.8 Å². The molecule has 2 atom stereocenters. The first-order chi connectivity index (χ1) is 14.9. The zero-order valence-corrected chi connectivity index (χ0v) is 20.5. The molecule has 7 nitrogen and oxygen atoms in total. The van der Waals surface area contributed by atoms with Gasteiger partial charge in [0.2, 0.25) is 0 Å². The van der Waals surface area contributed by atoms with E-state index in [1.54, 1.807) is 19.2 Å². The van der Waals surface area contributed by atoms with E-state index in [9.17, 15) is 13.2 Å². The predicted octanol–water partition coefficient (Wildman–Crippen LogP) is 2.65. The highest BCUT2D eigenvalue weighted by Gasteiger charge is 2.31. The molecule has 11 heteroatoms. The van der Waals surface area contributed by atoms with Crippen LogP contribution < -0.4 is 15.4 Å². The van der Waals surface area contributed by atoms with Crippen LogP contribution in [-0.2, 0) is 16.0 Å². The van der Waals surface area contributed by atoms with Crippen molar-refractivity contribution < 1.29 is 27.4 Å². The maximum absolute atomic E-state index is 12.2. The zero-order chi connectivity index (χ0) is 22.1. The van der Waals surface area contributed by atoms with E-state index in [0.29, 0.717) is 24.5 Å². The monoisotopic (exact) mass is 572 g/mol. The second kappa shape index (κ2) is 13.4. The van der Waals surface area contributed by atoms with Crippen LogP contribution in [0.4, 0.5) is 13.2 Å². The molecule has 0 bridgehead atoms. The average molecular weight is 572 g/mol. The Hall–Kier alpha value is -1.31. The number of benzene rings is 1. The minimum Gasteiger partial charge on any atom is -0.484 e. The summed E-state index contributed by atoms with van der Waals surface area (Å²) in [6.07, 6.45) is -3.29. The Balaban J connectivity index is 0.00000363. The molecule has 32 heavy (non-hydrogen) atoms. The van der Waals surface area contributed by atoms with Crippen molar-refractivity contribution in [3.63, 3.8) is 0 Å². The van der Waals surface area contributed by atoms with Gasteiger partial charge in [-0.25, -0.2) is 0 Å². The number of hydrogen-bond donors (Lipinski definition) is 2. The van der Waals surface area contributed by atoms with Crippen LogP contribution >= 0.6 is 24.0 Å². The number of nitrogens with one attached hydrogen (secondary N) is 2. The molecule has 2 unspecified atom stereocenters. The second-order valence-corrected chi connectivity index (χ2v) is 7.69. The van der Waals surface area contributed by atoms with Crippen molar-refractivity contribution in [3.05, 3.63) is 29.8 Å². The Morgan fingerprint density at radius 3 is 2.47 bits per heavy atom. The van der Waals surface area contributed by atoms with Gasteiger partial charge >= 0.3 is 6.18 Å². The van der Waals surface area contributed by atoms with Gasteiger partial charge in [0.15, 0.2) is 12.6 Å². The van der Waals surface area contributed by atoms with Gasteiger partial charge in [-0.1, -0.05) is 12.1 Å². The minimum absolute atomic E-state index is 0. The Labute approximate surface area is 204 Å². The third-order valence-corrected chi connectivity index (χ3v) is 5.51. The molecule has 0 aliphatic carbocycles. The van der Waals surface area contributed by atoms with Gasteiger partial charge in [-0.3, -0.25) is 9.89 Å². The predicted molar refractivity (Wildman–Crippen MR) is 127 cm³/mol. The van der Waals surface area contributed by atoms with E-state index in [0.717, 1.165) is 58.0 Å². The summed E-state index contributed by atoms with van der Waals surface area (Å²) in [6, 6.07) is 6.88. The topological polar surface area (TPSA) is 67.4 Å². The van der Waals surface area contributed by atoms with Gasteiger partial charge < -0.3 is 24.8 Å². The molecule has 1 aromatic rings. The number of alkyl halides is 3. The third kappa shape index (κ3) is 8.91. The molecular weight excluding hydrogens is 540 g/mol. The normalized spacial score (nSPS) is 21.0. The molecule has 0 spiro atoms. The van der Waals surface area contributed by atoms with E-state index >= 15 is 0 Å². The lowest BCUT2D eigenvalue weighted by molar-refractivity contribution is -0.153. The summed E-state index contributed by atoms with van der Waals surface area (Å²) in [5.74, 6) is 1.35. The highest BCUT2D eigenvalue weighted by atomic mass is 127. The van der Waals surface area contributed by atoms with E-state index in [2.05, 4.69) is 20.5 Å². The minimum atomic E-state index is -4.35. The molecule has 2 saturated heterocycles. The maximum Gasteiger partial charge on any atom is 0.422 e. The van der Waals surface area contributed by atoms with Crippen molar-refractivity contribution in [3.8, 4) is 5.75 Å². The fourth-order valence-electron chi connectivity index (χ4n) is 3.84. The van der Waals surface area contributed by atoms with Crippen molar-refractivity contribution in [2.24, 2.45) is 10.9 Å². The molecular formula is C21H32F3IN4O3. The van der Waals surface area contributed by atoms with E-state index in [1.165, 1.54) is 12.1 Å². The van der Waals surface area contributed by atoms with E-state index in [4.69, 9.17) is 14.2 Å². The van der Waals surface area contributed by atoms with E-state index in [1.807, 2.05) is 0 Å². The molecule has 0 saturated carbocycles. The van der Waals surface area contributed by atoms with Gasteiger partial charge in [0, 0.05) is 51.8 Å². The molecule has 2 N–H and O–H groups in total. The maximum atomic E-state index is 12.2. The molecule has 2 aliphatic rings. The smallest absolute Gasteiger partial charge is 0.422 e. The fourth-order valence-corrected chi connectivity index (χ4v) is 3.84. The van der Waals surface area contributed by atoms with Gasteiger partial charge in [0.25, 0.3) is 0 Å². The summed E-state index contributed by atoms with van der Waals surface area (Å²) in [6.45, 7) is 4.86. The lowest BCUT2D eigenvalue weighted by Crippen LogP contribution is -2.53. The SMILES string of the molecule is CN=C(NCc1ccc(OCC(F)(F)F)cc1)NCC(C1CCOC1)N1CCOCC1.I. The van der Waals surface area contributed by atoms with E-state index < -0.39 is 12.8 Å². The quantitative estimate of drug-likeness (QED) is 0.284. The summed E-state index contributed by atoms with van der Waals surface area (Å²) in [5, 5.41) is 6.67. The summed E-state index contributed by atoms with van der Waals surface area (Å²) < 4.78 is 52.6. The number of nitrogens with zero attached hydrogens (tertiary/aromatic N) is 2. The molecule has 182 valence electrons. The van der Waals surface area contributed by atoms with Crippen LogP contribution in [0.1, 0.15) is 12.0 Å². The lowest BCUT2D eigenvalue weighted by Gasteiger charge is -2.37. The summed E-state index contributed by atoms with van der Waals surface area (Å²) in [4.78, 5) is 6.75. The number of hydrogen-bond acceptors (Lipinski definition) is 5. The van der Waals surface area contributed by atoms with Crippen LogP contribution in [0, 0.1) is 5.92 Å². The highest BCUT2D eigenvalue weighted by Crippen LogP contribution is 2.22. The van der Waals surface area contributed by atoms with Gasteiger partial charge in [-0.05, 0) is 24.1 Å². The van der Waals surface area contributed by atoms with Gasteiger partial charge in [0.1, 0.15) is 5.75 Å². The number of guanidine groups is 1. The Morgan fingerprint density at radius 1 is 1.16 bits per heavy atom. The lowest BCUT2D eigenvalue weighted by atomic mass is 9.97. The molecule has 3 rings (SSSR count). The highest BCUT2D eigenvalue weighted by molar-refractivity contribution is 14.0. The van der Waals surface area contributed by atoms with Crippen LogP contribution in [0.15, 0.2) is 29.3 Å². The molecule has 0 amide bonds. The average Bonchev–Trinajstić information content (AvgIpc) is 3.30. The van der Waals surface area contributed by atoms with Crippen molar-refractivity contribution >= 4 is 29.9 Å². The number of aliphatic imine (C=N–C) groups is 1. The van der Waals surface area contributed by atoms with Crippen molar-refractivity contribution in [1.82, 2.24) is 15.5 Å². The Bertz CT molecular complexity index is 695. The van der Waals surface area contributed by atoms with Gasteiger partial charge in [0.05, 0.1) is 19.8 Å². The first-order valence-corrected chi connectivity index (χ1v) is 10.6. The van der Waals surface area contributed by atoms with Crippen molar-refractivity contribution in [1.29, 1.82) is 0 Å². The Kier molecular flexibility index (Phi) is 11.3. The van der Waals surface area contributed by atoms with Crippen LogP contribution in [0.3, 0.4) is 0 Å². The molecule has 0 radical (unpaired) electrons. The first kappa shape index (κ1) is 26.9. The number of morpholine rings is 1. The van der Waals surface area contributed by atoms with E-state index in [-0.39, 0.29) is 29.7 Å². The summed E-state index contributed by atoms with van der Waals surface area (Å²) >= 11 is 0. The molecule has 0 aromatic heterocycles. The summed E-state index contributed by atoms with van der Waals surface area (Å²) in [5.41, 5.74) is 0.913. The number of halogens is 4. The fraction of sp³-hybridized carbons (Fsp3) is 0.667. The molecule has 2 aliphatic heterocycles. The standard InChI is InChI=1S/C21H31F3N4O3.HI/c1-25-20(26-12-16-2-4-18(5-3-16)31-15-21(22,23)24)27-13-19(17-6-9-30-14-17)28-7-10-29-11-8-28;/h2-5,17,19H,6-15H2,1H3,(H2,25,26,27);1H. The van der Waals surface area contributed by atoms with Crippen LogP contribution in [0.5, 0.6) is 5.75 Å². The number of rotatable bonds is 8. The second-order valence-electron chi connectivity index (χ2n) is 7.69. The van der Waals surface area contributed by atoms with Crippen LogP contribution in [0.2, 0.25) is 0 Å². The molecule has 2 fully saturated rings. The van der Waals surface area contributed by atoms with Crippen LogP contribution in [0.25, 0.3) is 0 Å². The molecule has 1 aromatic carbocycles. The van der Waals surface area contributed by atoms with Gasteiger partial charge in [-0.2, -0.15) is 13.2 Å². The van der Waals surface area contributed by atoms with Gasteiger partial charge in [-0.15, -0.1) is 24.0 Å². The van der Waals surface area contributed by atoms with Crippen molar-refractivity contribution in [2.75, 3.05) is 59.7 Å². The number of ether oxygens (including phenoxy) is 3. The first-order valence-electron chi connectivity index (χ1n) is 10.6.